The quantitative estimate of drug-likeness (QED) is 0.724. The van der Waals surface area contributed by atoms with Crippen molar-refractivity contribution in [2.45, 2.75) is 13.5 Å². The second-order valence-electron chi connectivity index (χ2n) is 4.12. The first-order chi connectivity index (χ1) is 9.22. The van der Waals surface area contributed by atoms with E-state index >= 15 is 0 Å². The number of hydrogen-bond donors (Lipinski definition) is 0. The fourth-order valence-corrected chi connectivity index (χ4v) is 1.76. The van der Waals surface area contributed by atoms with Crippen LogP contribution in [0.4, 0.5) is 4.39 Å². The highest BCUT2D eigenvalue weighted by Crippen LogP contribution is 2.19. The lowest BCUT2D eigenvalue weighted by molar-refractivity contribution is 0.567. The van der Waals surface area contributed by atoms with Crippen LogP contribution in [0.1, 0.15) is 11.5 Å². The lowest BCUT2D eigenvalue weighted by Crippen LogP contribution is -2.04. The molecule has 0 bridgehead atoms. The first-order valence-electron chi connectivity index (χ1n) is 5.77. The van der Waals surface area contributed by atoms with Gasteiger partial charge in [-0.2, -0.15) is 5.10 Å². The maximum absolute atomic E-state index is 13.1. The molecule has 0 saturated heterocycles. The minimum Gasteiger partial charge on any atom is -0.444 e. The van der Waals surface area contributed by atoms with Crippen LogP contribution < -0.4 is 0 Å². The highest BCUT2D eigenvalue weighted by atomic mass is 19.1. The Hall–Kier alpha value is -2.50. The van der Waals surface area contributed by atoms with Gasteiger partial charge in [0.2, 0.25) is 5.89 Å². The number of aromatic nitrogens is 4. The molecule has 2 aromatic heterocycles. The number of nitrogens with zero attached hydrogens (tertiary/aromatic N) is 4. The van der Waals surface area contributed by atoms with Crippen LogP contribution >= 0.6 is 0 Å². The molecule has 0 spiro atoms. The summed E-state index contributed by atoms with van der Waals surface area (Å²) in [5.41, 5.74) is 1.33. The summed E-state index contributed by atoms with van der Waals surface area (Å²) in [5.74, 6) is 0.881. The van der Waals surface area contributed by atoms with E-state index in [1.165, 1.54) is 18.5 Å². The fourth-order valence-electron chi connectivity index (χ4n) is 1.76. The Bertz CT molecular complexity index is 704. The minimum atomic E-state index is -0.315. The predicted octanol–water partition coefficient (Wildman–Crippen LogP) is 2.43. The highest BCUT2D eigenvalue weighted by Gasteiger charge is 2.09. The van der Waals surface area contributed by atoms with Gasteiger partial charge < -0.3 is 4.42 Å². The Morgan fingerprint density at radius 2 is 2.26 bits per heavy atom. The zero-order chi connectivity index (χ0) is 13.2. The van der Waals surface area contributed by atoms with Crippen LogP contribution in [-0.4, -0.2) is 19.7 Å². The van der Waals surface area contributed by atoms with E-state index < -0.39 is 0 Å². The Morgan fingerprint density at radius 1 is 1.37 bits per heavy atom. The van der Waals surface area contributed by atoms with E-state index in [-0.39, 0.29) is 5.82 Å². The summed E-state index contributed by atoms with van der Waals surface area (Å²) in [6.07, 6.45) is 3.03. The number of benzene rings is 1. The topological polar surface area (TPSA) is 56.7 Å². The maximum Gasteiger partial charge on any atom is 0.226 e. The first-order valence-corrected chi connectivity index (χ1v) is 5.77. The molecule has 0 aliphatic carbocycles. The standard InChI is InChI=1S/C13H11FN4O/c1-9-15-8-16-18(9)6-12-7-19-13(17-12)10-3-2-4-11(14)5-10/h2-5,7-8H,6H2,1H3. The van der Waals surface area contributed by atoms with E-state index in [0.29, 0.717) is 23.7 Å². The summed E-state index contributed by atoms with van der Waals surface area (Å²) in [4.78, 5) is 8.35. The van der Waals surface area contributed by atoms with Crippen molar-refractivity contribution in [3.63, 3.8) is 0 Å². The molecule has 3 rings (SSSR count). The van der Waals surface area contributed by atoms with E-state index in [4.69, 9.17) is 4.42 Å². The van der Waals surface area contributed by atoms with E-state index in [1.54, 1.807) is 23.1 Å². The molecule has 96 valence electrons. The van der Waals surface area contributed by atoms with Crippen molar-refractivity contribution in [2.75, 3.05) is 0 Å². The maximum atomic E-state index is 13.1. The van der Waals surface area contributed by atoms with Crippen molar-refractivity contribution >= 4 is 0 Å². The third kappa shape index (κ3) is 2.37. The van der Waals surface area contributed by atoms with Crippen LogP contribution in [0.25, 0.3) is 11.5 Å². The van der Waals surface area contributed by atoms with Crippen molar-refractivity contribution in [3.05, 3.63) is 54.2 Å². The van der Waals surface area contributed by atoms with Gasteiger partial charge in [0.15, 0.2) is 0 Å². The highest BCUT2D eigenvalue weighted by molar-refractivity contribution is 5.52. The molecule has 0 saturated carbocycles. The average Bonchev–Trinajstić information content (AvgIpc) is 3.00. The van der Waals surface area contributed by atoms with Crippen LogP contribution in [0.3, 0.4) is 0 Å². The van der Waals surface area contributed by atoms with E-state index in [9.17, 15) is 4.39 Å². The van der Waals surface area contributed by atoms with Gasteiger partial charge in [-0.25, -0.2) is 19.0 Å². The molecule has 3 aromatic rings. The summed E-state index contributed by atoms with van der Waals surface area (Å²) >= 11 is 0. The number of aryl methyl sites for hydroxylation is 1. The van der Waals surface area contributed by atoms with Crippen molar-refractivity contribution in [2.24, 2.45) is 0 Å². The first kappa shape index (κ1) is 11.6. The van der Waals surface area contributed by atoms with Gasteiger partial charge in [-0.3, -0.25) is 0 Å². The SMILES string of the molecule is Cc1ncnn1Cc1coc(-c2cccc(F)c2)n1. The fraction of sp³-hybridized carbons (Fsp3) is 0.154. The predicted molar refractivity (Wildman–Crippen MR) is 65.8 cm³/mol. The summed E-state index contributed by atoms with van der Waals surface area (Å²) in [5, 5.41) is 4.07. The number of halogens is 1. The monoisotopic (exact) mass is 258 g/mol. The van der Waals surface area contributed by atoms with E-state index in [2.05, 4.69) is 15.1 Å². The number of oxazole rings is 1. The van der Waals surface area contributed by atoms with Crippen molar-refractivity contribution in [1.82, 2.24) is 19.7 Å². The minimum absolute atomic E-state index is 0.315. The van der Waals surface area contributed by atoms with E-state index in [1.807, 2.05) is 6.92 Å². The molecule has 0 radical (unpaired) electrons. The van der Waals surface area contributed by atoms with Gasteiger partial charge in [-0.1, -0.05) is 6.07 Å². The van der Waals surface area contributed by atoms with Gasteiger partial charge in [0.1, 0.15) is 29.9 Å². The van der Waals surface area contributed by atoms with E-state index in [0.717, 1.165) is 5.82 Å². The molecule has 5 nitrogen and oxygen atoms in total. The summed E-state index contributed by atoms with van der Waals surface area (Å²) < 4.78 is 20.2. The van der Waals surface area contributed by atoms with Crippen molar-refractivity contribution in [1.29, 1.82) is 0 Å². The molecule has 2 heterocycles. The molecule has 19 heavy (non-hydrogen) atoms. The second kappa shape index (κ2) is 4.64. The largest absolute Gasteiger partial charge is 0.444 e. The second-order valence-corrected chi connectivity index (χ2v) is 4.12. The van der Waals surface area contributed by atoms with Crippen molar-refractivity contribution in [3.8, 4) is 11.5 Å². The number of rotatable bonds is 3. The molecule has 0 atom stereocenters. The lowest BCUT2D eigenvalue weighted by Gasteiger charge is -1.98. The van der Waals surface area contributed by atoms with Gasteiger partial charge in [0.25, 0.3) is 0 Å². The molecular formula is C13H11FN4O. The van der Waals surface area contributed by atoms with Crippen LogP contribution in [0.5, 0.6) is 0 Å². The third-order valence-corrected chi connectivity index (χ3v) is 2.74. The van der Waals surface area contributed by atoms with Crippen LogP contribution in [0.15, 0.2) is 41.3 Å². The molecule has 0 fully saturated rings. The molecular weight excluding hydrogens is 247 g/mol. The van der Waals surface area contributed by atoms with Crippen LogP contribution in [-0.2, 0) is 6.54 Å². The zero-order valence-corrected chi connectivity index (χ0v) is 10.2. The van der Waals surface area contributed by atoms with Gasteiger partial charge in [-0.05, 0) is 25.1 Å². The Kier molecular flexibility index (Phi) is 2.83. The van der Waals surface area contributed by atoms with Crippen LogP contribution in [0.2, 0.25) is 0 Å². The van der Waals surface area contributed by atoms with Gasteiger partial charge in [0.05, 0.1) is 6.54 Å². The molecule has 0 aliphatic rings. The van der Waals surface area contributed by atoms with Gasteiger partial charge in [-0.15, -0.1) is 0 Å². The molecule has 6 heteroatoms. The molecule has 0 unspecified atom stereocenters. The molecule has 1 aromatic carbocycles. The molecule has 0 aliphatic heterocycles. The molecule has 0 N–H and O–H groups in total. The normalized spacial score (nSPS) is 10.8. The zero-order valence-electron chi connectivity index (χ0n) is 10.2. The summed E-state index contributed by atoms with van der Waals surface area (Å²) in [6.45, 7) is 2.34. The smallest absolute Gasteiger partial charge is 0.226 e. The van der Waals surface area contributed by atoms with Gasteiger partial charge in [0, 0.05) is 5.56 Å². The number of hydrogen-bond acceptors (Lipinski definition) is 4. The average molecular weight is 258 g/mol. The third-order valence-electron chi connectivity index (χ3n) is 2.74. The van der Waals surface area contributed by atoms with Crippen molar-refractivity contribution < 1.29 is 8.81 Å². The summed E-state index contributed by atoms with van der Waals surface area (Å²) in [7, 11) is 0. The van der Waals surface area contributed by atoms with Gasteiger partial charge >= 0.3 is 0 Å². The summed E-state index contributed by atoms with van der Waals surface area (Å²) in [6, 6.07) is 6.14. The Morgan fingerprint density at radius 3 is 3.00 bits per heavy atom. The molecule has 0 amide bonds. The Balaban J connectivity index is 1.86. The Labute approximate surface area is 108 Å². The lowest BCUT2D eigenvalue weighted by atomic mass is 10.2. The van der Waals surface area contributed by atoms with Crippen LogP contribution in [0, 0.1) is 12.7 Å².